The van der Waals surface area contributed by atoms with E-state index in [2.05, 4.69) is 0 Å². The third-order valence-corrected chi connectivity index (χ3v) is 0.985. The maximum atomic E-state index is 8.68. The van der Waals surface area contributed by atoms with E-state index in [1.165, 1.54) is 13.2 Å². The minimum Gasteiger partial charge on any atom is -0.291 e. The minimum absolute atomic E-state index is 0.794. The number of hydrogen-bond donors (Lipinski definition) is 0. The topological polar surface area (TPSA) is 17.1 Å². The van der Waals surface area contributed by atoms with E-state index < -0.39 is 0 Å². The highest BCUT2D eigenvalue weighted by atomic mass is 35.5. The molecule has 10 heavy (non-hydrogen) atoms. The monoisotopic (exact) mass is 155 g/mol. The summed E-state index contributed by atoms with van der Waals surface area (Å²) in [4.78, 5) is 8.68. The zero-order valence-electron chi connectivity index (χ0n) is 5.67. The first-order valence-corrected chi connectivity index (χ1v) is 3.18. The van der Waals surface area contributed by atoms with Gasteiger partial charge in [-0.1, -0.05) is 29.8 Å². The van der Waals surface area contributed by atoms with E-state index in [4.69, 9.17) is 16.4 Å². The van der Waals surface area contributed by atoms with Gasteiger partial charge in [0, 0.05) is 11.9 Å². The zero-order chi connectivity index (χ0) is 7.82. The van der Waals surface area contributed by atoms with Crippen molar-refractivity contribution >= 4 is 17.9 Å². The summed E-state index contributed by atoms with van der Waals surface area (Å²) in [6.45, 7) is 1.32. The third-order valence-electron chi connectivity index (χ3n) is 0.733. The molecule has 1 radical (unpaired) electrons. The summed E-state index contributed by atoms with van der Waals surface area (Å²) >= 11 is 5.54. The van der Waals surface area contributed by atoms with Crippen molar-refractivity contribution in [1.29, 1.82) is 0 Å². The summed E-state index contributed by atoms with van der Waals surface area (Å²) in [5.74, 6) is 0. The first kappa shape index (κ1) is 9.18. The lowest BCUT2D eigenvalue weighted by molar-refractivity contribution is 0.560. The smallest absolute Gasteiger partial charge is 0.195 e. The van der Waals surface area contributed by atoms with Gasteiger partial charge in [0.05, 0.1) is 0 Å². The molecule has 1 rings (SSSR count). The third kappa shape index (κ3) is 5.32. The van der Waals surface area contributed by atoms with Crippen LogP contribution in [0.3, 0.4) is 0 Å². The van der Waals surface area contributed by atoms with Crippen molar-refractivity contribution in [3.05, 3.63) is 35.4 Å². The normalized spacial score (nSPS) is 7.40. The Balaban J connectivity index is 0.000000236. The van der Waals surface area contributed by atoms with Gasteiger partial charge in [0.25, 0.3) is 0 Å². The number of halogens is 1. The van der Waals surface area contributed by atoms with Crippen LogP contribution in [0.4, 0.5) is 0 Å². The summed E-state index contributed by atoms with van der Waals surface area (Å²) in [6.07, 6.45) is 1.50. The Morgan fingerprint density at radius 1 is 1.30 bits per heavy atom. The van der Waals surface area contributed by atoms with Crippen LogP contribution in [-0.4, -0.2) is 6.29 Å². The predicted octanol–water partition coefficient (Wildman–Crippen LogP) is 2.46. The fraction of sp³-hybridized carbons (Fsp3) is 0.125. The molecular weight excluding hydrogens is 148 g/mol. The van der Waals surface area contributed by atoms with E-state index in [1.807, 2.05) is 30.3 Å². The van der Waals surface area contributed by atoms with Crippen LogP contribution in [0.2, 0.25) is 5.02 Å². The van der Waals surface area contributed by atoms with Gasteiger partial charge in [-0.3, -0.25) is 4.79 Å². The molecule has 0 spiro atoms. The van der Waals surface area contributed by atoms with Crippen molar-refractivity contribution in [2.45, 2.75) is 6.92 Å². The van der Waals surface area contributed by atoms with Gasteiger partial charge in [0.1, 0.15) is 0 Å². The first-order valence-electron chi connectivity index (χ1n) is 2.80. The van der Waals surface area contributed by atoms with Gasteiger partial charge >= 0.3 is 0 Å². The largest absolute Gasteiger partial charge is 0.291 e. The fourth-order valence-corrected chi connectivity index (χ4v) is 0.560. The molecule has 0 amide bonds. The Bertz CT molecular complexity index is 172. The number of hydrogen-bond acceptors (Lipinski definition) is 1. The lowest BCUT2D eigenvalue weighted by Crippen LogP contribution is -1.55. The molecule has 53 valence electrons. The maximum Gasteiger partial charge on any atom is 0.195 e. The van der Waals surface area contributed by atoms with E-state index in [9.17, 15) is 0 Å². The Morgan fingerprint density at radius 3 is 1.90 bits per heavy atom. The SMILES string of the molecule is C[C]=O.Clc1ccccc1. The number of carbonyl (C=O) groups excluding carboxylic acids is 1. The number of rotatable bonds is 0. The zero-order valence-corrected chi connectivity index (χ0v) is 6.43. The second kappa shape index (κ2) is 6.30. The van der Waals surface area contributed by atoms with Crippen molar-refractivity contribution in [3.63, 3.8) is 0 Å². The van der Waals surface area contributed by atoms with Crippen LogP contribution >= 0.6 is 11.6 Å². The standard InChI is InChI=1S/C6H5Cl.C2H3O/c7-6-4-2-1-3-5-6;1-2-3/h1-5H;1H3. The van der Waals surface area contributed by atoms with Gasteiger partial charge in [-0.25, -0.2) is 0 Å². The van der Waals surface area contributed by atoms with Crippen molar-refractivity contribution < 1.29 is 4.79 Å². The first-order chi connectivity index (χ1) is 4.81. The van der Waals surface area contributed by atoms with Crippen LogP contribution in [-0.2, 0) is 4.79 Å². The molecule has 0 bridgehead atoms. The number of benzene rings is 1. The van der Waals surface area contributed by atoms with Crippen LogP contribution in [0.15, 0.2) is 30.3 Å². The molecule has 1 aromatic carbocycles. The molecule has 0 N–H and O–H groups in total. The molecule has 2 heteroatoms. The molecule has 0 atom stereocenters. The Hall–Kier alpha value is -0.820. The van der Waals surface area contributed by atoms with Gasteiger partial charge in [-0.15, -0.1) is 0 Å². The van der Waals surface area contributed by atoms with E-state index in [1.54, 1.807) is 0 Å². The average Bonchev–Trinajstić information content (AvgIpc) is 1.91. The van der Waals surface area contributed by atoms with Crippen LogP contribution in [0.5, 0.6) is 0 Å². The van der Waals surface area contributed by atoms with Crippen molar-refractivity contribution in [2.24, 2.45) is 0 Å². The van der Waals surface area contributed by atoms with Gasteiger partial charge in [-0.2, -0.15) is 0 Å². The lowest BCUT2D eigenvalue weighted by atomic mass is 10.4. The van der Waals surface area contributed by atoms with E-state index >= 15 is 0 Å². The van der Waals surface area contributed by atoms with Gasteiger partial charge < -0.3 is 0 Å². The van der Waals surface area contributed by atoms with E-state index in [0.717, 1.165) is 5.02 Å². The Morgan fingerprint density at radius 2 is 1.70 bits per heavy atom. The summed E-state index contributed by atoms with van der Waals surface area (Å²) in [6, 6.07) is 9.44. The van der Waals surface area contributed by atoms with Crippen LogP contribution < -0.4 is 0 Å². The highest BCUT2D eigenvalue weighted by Gasteiger charge is 1.74. The van der Waals surface area contributed by atoms with Crippen LogP contribution in [0.1, 0.15) is 6.92 Å². The van der Waals surface area contributed by atoms with Crippen molar-refractivity contribution in [2.75, 3.05) is 0 Å². The summed E-state index contributed by atoms with van der Waals surface area (Å²) in [7, 11) is 0. The molecule has 0 aliphatic heterocycles. The highest BCUT2D eigenvalue weighted by molar-refractivity contribution is 6.30. The molecule has 0 unspecified atom stereocenters. The molecule has 1 aromatic rings. The molecule has 0 saturated heterocycles. The summed E-state index contributed by atoms with van der Waals surface area (Å²) < 4.78 is 0. The van der Waals surface area contributed by atoms with Crippen LogP contribution in [0, 0.1) is 0 Å². The fourth-order valence-electron chi connectivity index (χ4n) is 0.415. The van der Waals surface area contributed by atoms with Crippen molar-refractivity contribution in [1.82, 2.24) is 0 Å². The molecule has 0 fully saturated rings. The molecule has 1 nitrogen and oxygen atoms in total. The summed E-state index contributed by atoms with van der Waals surface area (Å²) in [5, 5.41) is 0.794. The maximum absolute atomic E-state index is 8.68. The molecule has 0 aromatic heterocycles. The van der Waals surface area contributed by atoms with Crippen LogP contribution in [0.25, 0.3) is 0 Å². The van der Waals surface area contributed by atoms with E-state index in [-0.39, 0.29) is 0 Å². The Labute approximate surface area is 65.6 Å². The lowest BCUT2D eigenvalue weighted by Gasteiger charge is -1.80. The van der Waals surface area contributed by atoms with Crippen molar-refractivity contribution in [3.8, 4) is 0 Å². The minimum atomic E-state index is 0.794. The molecule has 0 aliphatic carbocycles. The van der Waals surface area contributed by atoms with Gasteiger partial charge in [0.15, 0.2) is 6.29 Å². The quantitative estimate of drug-likeness (QED) is 0.563. The average molecular weight is 156 g/mol. The van der Waals surface area contributed by atoms with E-state index in [0.29, 0.717) is 0 Å². The molecule has 0 heterocycles. The molecule has 0 aliphatic rings. The second-order valence-corrected chi connectivity index (χ2v) is 1.94. The second-order valence-electron chi connectivity index (χ2n) is 1.50. The Kier molecular flexibility index (Phi) is 5.79. The van der Waals surface area contributed by atoms with Gasteiger partial charge in [0.2, 0.25) is 0 Å². The molecular formula is C8H8ClO. The predicted molar refractivity (Wildman–Crippen MR) is 42.8 cm³/mol. The molecule has 0 saturated carbocycles. The highest BCUT2D eigenvalue weighted by Crippen LogP contribution is 2.03. The summed E-state index contributed by atoms with van der Waals surface area (Å²) in [5.41, 5.74) is 0. The van der Waals surface area contributed by atoms with Gasteiger partial charge in [-0.05, 0) is 12.1 Å².